The van der Waals surface area contributed by atoms with Gasteiger partial charge in [-0.2, -0.15) is 0 Å². The van der Waals surface area contributed by atoms with Gasteiger partial charge in [0.1, 0.15) is 5.75 Å². The lowest BCUT2D eigenvalue weighted by molar-refractivity contribution is -0.134. The van der Waals surface area contributed by atoms with Gasteiger partial charge >= 0.3 is 5.97 Å². The lowest BCUT2D eigenvalue weighted by Crippen LogP contribution is -2.06. The first kappa shape index (κ1) is 21.4. The van der Waals surface area contributed by atoms with E-state index in [1.54, 1.807) is 0 Å². The number of hydrogen-bond acceptors (Lipinski definition) is 2. The Labute approximate surface area is 176 Å². The quantitative estimate of drug-likeness (QED) is 0.248. The smallest absolute Gasteiger partial charge is 0.311 e. The predicted molar refractivity (Wildman–Crippen MR) is 122 cm³/mol. The average Bonchev–Trinajstić information content (AvgIpc) is 2.75. The number of carbonyl (C=O) groups is 1. The molecule has 3 rings (SSSR count). The molecule has 1 aliphatic carbocycles. The van der Waals surface area contributed by atoms with Gasteiger partial charge in [0, 0.05) is 6.42 Å². The molecule has 0 spiro atoms. The average molecular weight is 391 g/mol. The molecule has 0 radical (unpaired) electrons. The Morgan fingerprint density at radius 1 is 0.897 bits per heavy atom. The van der Waals surface area contributed by atoms with Crippen LogP contribution in [0.4, 0.5) is 0 Å². The van der Waals surface area contributed by atoms with Crippen molar-refractivity contribution in [3.05, 3.63) is 60.2 Å². The summed E-state index contributed by atoms with van der Waals surface area (Å²) in [6.07, 6.45) is 13.0. The van der Waals surface area contributed by atoms with Crippen LogP contribution in [-0.2, 0) is 4.79 Å². The second kappa shape index (κ2) is 11.0. The van der Waals surface area contributed by atoms with Crippen LogP contribution in [0.5, 0.6) is 5.75 Å². The second-order valence-corrected chi connectivity index (χ2v) is 8.19. The Bertz CT molecular complexity index is 799. The van der Waals surface area contributed by atoms with E-state index in [4.69, 9.17) is 4.74 Å². The molecule has 1 aliphatic rings. The molecule has 2 nitrogen and oxygen atoms in total. The van der Waals surface area contributed by atoms with Gasteiger partial charge in [-0.3, -0.25) is 4.79 Å². The third kappa shape index (κ3) is 6.32. The van der Waals surface area contributed by atoms with Gasteiger partial charge in [-0.05, 0) is 66.0 Å². The molecule has 0 bridgehead atoms. The summed E-state index contributed by atoms with van der Waals surface area (Å²) in [7, 11) is 0. The summed E-state index contributed by atoms with van der Waals surface area (Å²) in [5.41, 5.74) is 5.18. The molecule has 154 valence electrons. The standard InChI is InChI=1S/C27H34O2/c1-3-5-6-8-21-9-11-22(12-10-21)23-13-15-24(16-14-23)25-17-19-26(20-18-25)29-27(28)7-4-2/h11,13-21H,3-10,12H2,1-2H3. The molecule has 0 saturated heterocycles. The van der Waals surface area contributed by atoms with Crippen LogP contribution in [0.1, 0.15) is 77.2 Å². The highest BCUT2D eigenvalue weighted by Gasteiger charge is 2.15. The summed E-state index contributed by atoms with van der Waals surface area (Å²) in [6.45, 7) is 4.25. The number of unbranched alkanes of at least 4 members (excludes halogenated alkanes) is 2. The summed E-state index contributed by atoms with van der Waals surface area (Å²) in [6, 6.07) is 16.7. The van der Waals surface area contributed by atoms with E-state index in [2.05, 4.69) is 37.3 Å². The fraction of sp³-hybridized carbons (Fsp3) is 0.444. The minimum absolute atomic E-state index is 0.169. The molecule has 2 aromatic carbocycles. The fourth-order valence-corrected chi connectivity index (χ4v) is 4.07. The van der Waals surface area contributed by atoms with E-state index < -0.39 is 0 Å². The van der Waals surface area contributed by atoms with E-state index in [9.17, 15) is 4.79 Å². The molecule has 0 aliphatic heterocycles. The van der Waals surface area contributed by atoms with Crippen LogP contribution in [0.25, 0.3) is 16.7 Å². The van der Waals surface area contributed by atoms with Crippen molar-refractivity contribution in [3.63, 3.8) is 0 Å². The van der Waals surface area contributed by atoms with Gasteiger partial charge < -0.3 is 4.74 Å². The molecule has 0 aromatic heterocycles. The van der Waals surface area contributed by atoms with Gasteiger partial charge in [0.15, 0.2) is 0 Å². The minimum Gasteiger partial charge on any atom is -0.427 e. The number of benzene rings is 2. The van der Waals surface area contributed by atoms with Gasteiger partial charge in [0.05, 0.1) is 0 Å². The van der Waals surface area contributed by atoms with Crippen LogP contribution >= 0.6 is 0 Å². The highest BCUT2D eigenvalue weighted by molar-refractivity contribution is 5.73. The van der Waals surface area contributed by atoms with Crippen LogP contribution in [0, 0.1) is 5.92 Å². The number of rotatable bonds is 9. The number of allylic oxidation sites excluding steroid dienone is 2. The molecule has 2 aromatic rings. The number of hydrogen-bond donors (Lipinski definition) is 0. The van der Waals surface area contributed by atoms with Gasteiger partial charge in [-0.1, -0.05) is 82.0 Å². The van der Waals surface area contributed by atoms with Crippen LogP contribution in [-0.4, -0.2) is 5.97 Å². The number of esters is 1. The van der Waals surface area contributed by atoms with Crippen molar-refractivity contribution >= 4 is 11.5 Å². The third-order valence-corrected chi connectivity index (χ3v) is 5.86. The zero-order valence-electron chi connectivity index (χ0n) is 18.0. The Hall–Kier alpha value is -2.35. The van der Waals surface area contributed by atoms with Crippen molar-refractivity contribution in [1.29, 1.82) is 0 Å². The van der Waals surface area contributed by atoms with Crippen LogP contribution in [0.3, 0.4) is 0 Å². The van der Waals surface area contributed by atoms with Crippen LogP contribution in [0.2, 0.25) is 0 Å². The van der Waals surface area contributed by atoms with Crippen molar-refractivity contribution in [2.24, 2.45) is 5.92 Å². The van der Waals surface area contributed by atoms with E-state index in [0.717, 1.165) is 17.9 Å². The second-order valence-electron chi connectivity index (χ2n) is 8.19. The van der Waals surface area contributed by atoms with E-state index in [1.807, 2.05) is 31.2 Å². The summed E-state index contributed by atoms with van der Waals surface area (Å²) >= 11 is 0. The van der Waals surface area contributed by atoms with Gasteiger partial charge in [-0.25, -0.2) is 0 Å². The first-order valence-corrected chi connectivity index (χ1v) is 11.3. The lowest BCUT2D eigenvalue weighted by atomic mass is 9.83. The molecule has 29 heavy (non-hydrogen) atoms. The van der Waals surface area contributed by atoms with Gasteiger partial charge in [0.2, 0.25) is 0 Å². The Kier molecular flexibility index (Phi) is 8.10. The van der Waals surface area contributed by atoms with E-state index in [1.165, 1.54) is 61.6 Å². The first-order chi connectivity index (χ1) is 14.2. The Morgan fingerprint density at radius 3 is 2.14 bits per heavy atom. The summed E-state index contributed by atoms with van der Waals surface area (Å²) < 4.78 is 5.34. The monoisotopic (exact) mass is 390 g/mol. The van der Waals surface area contributed by atoms with E-state index in [0.29, 0.717) is 12.2 Å². The Balaban J connectivity index is 1.58. The normalized spacial score (nSPS) is 16.3. The molecular weight excluding hydrogens is 356 g/mol. The highest BCUT2D eigenvalue weighted by atomic mass is 16.5. The lowest BCUT2D eigenvalue weighted by Gasteiger charge is -2.22. The fourth-order valence-electron chi connectivity index (χ4n) is 4.07. The molecule has 1 atom stereocenters. The summed E-state index contributed by atoms with van der Waals surface area (Å²) in [5.74, 6) is 1.33. The SMILES string of the molecule is CCCCCC1CC=C(c2ccc(-c3ccc(OC(=O)CCC)cc3)cc2)CC1. The van der Waals surface area contributed by atoms with Gasteiger partial charge in [0.25, 0.3) is 0 Å². The summed E-state index contributed by atoms with van der Waals surface area (Å²) in [4.78, 5) is 11.6. The molecule has 0 saturated carbocycles. The van der Waals surface area contributed by atoms with Crippen molar-refractivity contribution < 1.29 is 9.53 Å². The molecule has 0 N–H and O–H groups in total. The highest BCUT2D eigenvalue weighted by Crippen LogP contribution is 2.33. The van der Waals surface area contributed by atoms with Crippen molar-refractivity contribution in [2.75, 3.05) is 0 Å². The molecule has 0 amide bonds. The first-order valence-electron chi connectivity index (χ1n) is 11.3. The zero-order valence-corrected chi connectivity index (χ0v) is 18.0. The maximum atomic E-state index is 11.6. The number of ether oxygens (including phenoxy) is 1. The topological polar surface area (TPSA) is 26.3 Å². The molecule has 0 heterocycles. The largest absolute Gasteiger partial charge is 0.427 e. The maximum Gasteiger partial charge on any atom is 0.311 e. The molecule has 1 unspecified atom stereocenters. The van der Waals surface area contributed by atoms with Crippen molar-refractivity contribution in [1.82, 2.24) is 0 Å². The zero-order chi connectivity index (χ0) is 20.5. The molecular formula is C27H34O2. The minimum atomic E-state index is -0.169. The number of carbonyl (C=O) groups excluding carboxylic acids is 1. The van der Waals surface area contributed by atoms with E-state index in [-0.39, 0.29) is 5.97 Å². The predicted octanol–water partition coefficient (Wildman–Crippen LogP) is 7.82. The molecule has 0 fully saturated rings. The van der Waals surface area contributed by atoms with E-state index >= 15 is 0 Å². The Morgan fingerprint density at radius 2 is 1.55 bits per heavy atom. The van der Waals surface area contributed by atoms with Crippen LogP contribution in [0.15, 0.2) is 54.6 Å². The summed E-state index contributed by atoms with van der Waals surface area (Å²) in [5, 5.41) is 0. The van der Waals surface area contributed by atoms with Gasteiger partial charge in [-0.15, -0.1) is 0 Å². The van der Waals surface area contributed by atoms with Crippen molar-refractivity contribution in [2.45, 2.75) is 71.6 Å². The van der Waals surface area contributed by atoms with Crippen molar-refractivity contribution in [3.8, 4) is 16.9 Å². The van der Waals surface area contributed by atoms with Crippen LogP contribution < -0.4 is 4.74 Å². The maximum absolute atomic E-state index is 11.6. The third-order valence-electron chi connectivity index (χ3n) is 5.86. The molecule has 2 heteroatoms.